The molecule has 0 aliphatic rings. The van der Waals surface area contributed by atoms with Crippen molar-refractivity contribution in [3.63, 3.8) is 0 Å². The lowest BCUT2D eigenvalue weighted by Crippen LogP contribution is -2.16. The van der Waals surface area contributed by atoms with Crippen LogP contribution in [-0.2, 0) is 5.60 Å². The van der Waals surface area contributed by atoms with Crippen molar-refractivity contribution in [3.8, 4) is 17.2 Å². The molecule has 2 rings (SSSR count). The van der Waals surface area contributed by atoms with Crippen molar-refractivity contribution in [3.05, 3.63) is 35.7 Å². The summed E-state index contributed by atoms with van der Waals surface area (Å²) in [7, 11) is 3.23. The lowest BCUT2D eigenvalue weighted by molar-refractivity contribution is 0.0779. The number of benzene rings is 1. The Bertz CT molecular complexity index is 612. The number of aliphatic hydroxyl groups is 1. The van der Waals surface area contributed by atoms with Crippen LogP contribution in [0, 0.1) is 6.92 Å². The van der Waals surface area contributed by atoms with Crippen LogP contribution in [0.2, 0.25) is 0 Å². The third-order valence-electron chi connectivity index (χ3n) is 3.28. The average Bonchev–Trinajstić information content (AvgIpc) is 2.79. The fourth-order valence-electron chi connectivity index (χ4n) is 2.22. The highest BCUT2D eigenvalue weighted by Crippen LogP contribution is 2.31. The molecule has 1 N–H and O–H groups in total. The molecule has 0 saturated carbocycles. The molecule has 20 heavy (non-hydrogen) atoms. The van der Waals surface area contributed by atoms with Crippen molar-refractivity contribution in [2.75, 3.05) is 14.2 Å². The van der Waals surface area contributed by atoms with Crippen LogP contribution in [0.25, 0.3) is 5.69 Å². The fraction of sp³-hybridized carbons (Fsp3) is 0.400. The van der Waals surface area contributed by atoms with Crippen LogP contribution in [0.4, 0.5) is 0 Å². The Morgan fingerprint density at radius 2 is 1.90 bits per heavy atom. The molecule has 0 aliphatic heterocycles. The first kappa shape index (κ1) is 14.4. The van der Waals surface area contributed by atoms with Crippen molar-refractivity contribution in [1.82, 2.24) is 9.78 Å². The zero-order chi connectivity index (χ0) is 14.9. The Labute approximate surface area is 118 Å². The lowest BCUT2D eigenvalue weighted by atomic mass is 10.00. The van der Waals surface area contributed by atoms with E-state index in [2.05, 4.69) is 5.10 Å². The minimum absolute atomic E-state index is 0.694. The summed E-state index contributed by atoms with van der Waals surface area (Å²) in [5, 5.41) is 14.5. The SMILES string of the molecule is COc1ccc(OC)c(-n2ncc(C(C)(C)O)c2C)c1. The van der Waals surface area contributed by atoms with Crippen molar-refractivity contribution in [1.29, 1.82) is 0 Å². The molecule has 0 radical (unpaired) electrons. The van der Waals surface area contributed by atoms with E-state index in [9.17, 15) is 5.11 Å². The van der Waals surface area contributed by atoms with Crippen molar-refractivity contribution < 1.29 is 14.6 Å². The van der Waals surface area contributed by atoms with Crippen LogP contribution in [0.1, 0.15) is 25.1 Å². The first-order valence-corrected chi connectivity index (χ1v) is 6.38. The standard InChI is InChI=1S/C15H20N2O3/c1-10-12(15(2,3)18)9-16-17(10)13-8-11(19-4)6-7-14(13)20-5/h6-9,18H,1-5H3. The normalized spacial score (nSPS) is 11.5. The van der Waals surface area contributed by atoms with Gasteiger partial charge in [0.15, 0.2) is 0 Å². The first-order chi connectivity index (χ1) is 9.38. The summed E-state index contributed by atoms with van der Waals surface area (Å²) >= 11 is 0. The van der Waals surface area contributed by atoms with Crippen molar-refractivity contribution in [2.45, 2.75) is 26.4 Å². The molecule has 1 heterocycles. The van der Waals surface area contributed by atoms with Gasteiger partial charge < -0.3 is 14.6 Å². The summed E-state index contributed by atoms with van der Waals surface area (Å²) < 4.78 is 12.4. The Hall–Kier alpha value is -2.01. The van der Waals surface area contributed by atoms with E-state index in [4.69, 9.17) is 9.47 Å². The van der Waals surface area contributed by atoms with Gasteiger partial charge in [0.1, 0.15) is 17.2 Å². The molecule has 0 atom stereocenters. The maximum absolute atomic E-state index is 10.1. The molecule has 108 valence electrons. The summed E-state index contributed by atoms with van der Waals surface area (Å²) in [5.74, 6) is 1.42. The van der Waals surface area contributed by atoms with Crippen LogP contribution in [0.5, 0.6) is 11.5 Å². The zero-order valence-electron chi connectivity index (χ0n) is 12.5. The molecule has 1 aromatic heterocycles. The summed E-state index contributed by atoms with van der Waals surface area (Å²) in [6.45, 7) is 5.40. The fourth-order valence-corrected chi connectivity index (χ4v) is 2.22. The predicted molar refractivity (Wildman–Crippen MR) is 76.6 cm³/mol. The van der Waals surface area contributed by atoms with E-state index in [0.29, 0.717) is 5.75 Å². The van der Waals surface area contributed by atoms with E-state index in [1.54, 1.807) is 38.9 Å². The van der Waals surface area contributed by atoms with Crippen LogP contribution >= 0.6 is 0 Å². The number of rotatable bonds is 4. The number of ether oxygens (including phenoxy) is 2. The van der Waals surface area contributed by atoms with Crippen LogP contribution in [0.3, 0.4) is 0 Å². The minimum atomic E-state index is -0.936. The van der Waals surface area contributed by atoms with E-state index >= 15 is 0 Å². The average molecular weight is 276 g/mol. The molecule has 0 bridgehead atoms. The Morgan fingerprint density at radius 3 is 2.40 bits per heavy atom. The molecule has 0 amide bonds. The number of hydrogen-bond acceptors (Lipinski definition) is 4. The monoisotopic (exact) mass is 276 g/mol. The molecule has 1 aromatic carbocycles. The van der Waals surface area contributed by atoms with Crippen LogP contribution < -0.4 is 9.47 Å². The molecule has 5 nitrogen and oxygen atoms in total. The topological polar surface area (TPSA) is 56.5 Å². The smallest absolute Gasteiger partial charge is 0.144 e. The summed E-state index contributed by atoms with van der Waals surface area (Å²) in [4.78, 5) is 0. The van der Waals surface area contributed by atoms with E-state index in [1.807, 2.05) is 25.1 Å². The van der Waals surface area contributed by atoms with Gasteiger partial charge in [0, 0.05) is 17.3 Å². The largest absolute Gasteiger partial charge is 0.497 e. The third kappa shape index (κ3) is 2.49. The highest BCUT2D eigenvalue weighted by molar-refractivity contribution is 5.52. The van der Waals surface area contributed by atoms with E-state index < -0.39 is 5.60 Å². The van der Waals surface area contributed by atoms with Gasteiger partial charge in [-0.3, -0.25) is 0 Å². The Kier molecular flexibility index (Phi) is 3.72. The van der Waals surface area contributed by atoms with Crippen molar-refractivity contribution >= 4 is 0 Å². The molecule has 5 heteroatoms. The van der Waals surface area contributed by atoms with Gasteiger partial charge in [-0.25, -0.2) is 4.68 Å². The van der Waals surface area contributed by atoms with E-state index in [-0.39, 0.29) is 0 Å². The minimum Gasteiger partial charge on any atom is -0.497 e. The molecule has 0 saturated heterocycles. The van der Waals surface area contributed by atoms with Gasteiger partial charge in [0.25, 0.3) is 0 Å². The second-order valence-corrected chi connectivity index (χ2v) is 5.15. The number of hydrogen-bond donors (Lipinski definition) is 1. The van der Waals surface area contributed by atoms with Gasteiger partial charge in [-0.05, 0) is 32.9 Å². The van der Waals surface area contributed by atoms with Gasteiger partial charge in [-0.1, -0.05) is 0 Å². The molecular formula is C15H20N2O3. The second kappa shape index (κ2) is 5.17. The van der Waals surface area contributed by atoms with Gasteiger partial charge in [-0.2, -0.15) is 5.10 Å². The molecule has 0 aliphatic carbocycles. The maximum atomic E-state index is 10.1. The maximum Gasteiger partial charge on any atom is 0.144 e. The highest BCUT2D eigenvalue weighted by Gasteiger charge is 2.23. The molecule has 0 spiro atoms. The number of nitrogens with zero attached hydrogens (tertiary/aromatic N) is 2. The molecule has 2 aromatic rings. The van der Waals surface area contributed by atoms with Crippen LogP contribution in [0.15, 0.2) is 24.4 Å². The third-order valence-corrected chi connectivity index (χ3v) is 3.28. The van der Waals surface area contributed by atoms with Crippen molar-refractivity contribution in [2.24, 2.45) is 0 Å². The molecule has 0 fully saturated rings. The van der Waals surface area contributed by atoms with E-state index in [1.165, 1.54) is 0 Å². The van der Waals surface area contributed by atoms with Gasteiger partial charge in [0.05, 0.1) is 26.0 Å². The van der Waals surface area contributed by atoms with Crippen LogP contribution in [-0.4, -0.2) is 29.1 Å². The number of aromatic nitrogens is 2. The van der Waals surface area contributed by atoms with Gasteiger partial charge in [-0.15, -0.1) is 0 Å². The molecule has 0 unspecified atom stereocenters. The summed E-state index contributed by atoms with van der Waals surface area (Å²) in [5.41, 5.74) is 1.49. The lowest BCUT2D eigenvalue weighted by Gasteiger charge is -2.17. The second-order valence-electron chi connectivity index (χ2n) is 5.15. The quantitative estimate of drug-likeness (QED) is 0.931. The van der Waals surface area contributed by atoms with Gasteiger partial charge >= 0.3 is 0 Å². The Balaban J connectivity index is 2.59. The molecular weight excluding hydrogens is 256 g/mol. The summed E-state index contributed by atoms with van der Waals surface area (Å²) in [6.07, 6.45) is 1.67. The van der Waals surface area contributed by atoms with E-state index in [0.717, 1.165) is 22.7 Å². The highest BCUT2D eigenvalue weighted by atomic mass is 16.5. The van der Waals surface area contributed by atoms with Gasteiger partial charge in [0.2, 0.25) is 0 Å². The first-order valence-electron chi connectivity index (χ1n) is 6.38. The number of methoxy groups -OCH3 is 2. The Morgan fingerprint density at radius 1 is 1.20 bits per heavy atom. The zero-order valence-corrected chi connectivity index (χ0v) is 12.5. The predicted octanol–water partition coefficient (Wildman–Crippen LogP) is 2.43. The summed E-state index contributed by atoms with van der Waals surface area (Å²) in [6, 6.07) is 5.52.